The first kappa shape index (κ1) is 17.8. The summed E-state index contributed by atoms with van der Waals surface area (Å²) in [6.07, 6.45) is 0.656. The average Bonchev–Trinajstić information content (AvgIpc) is 2.93. The molecule has 5 heteroatoms. The summed E-state index contributed by atoms with van der Waals surface area (Å²) in [7, 11) is 0. The average molecular weight is 321 g/mol. The Morgan fingerprint density at radius 1 is 1.35 bits per heavy atom. The standard InChI is InChI=1S/C18H27NO4/c1-5-21-14-8-6-7-13(9-14)12-22-15-10-16(19-11-15)17(20)23-18(2,3)4/h6-9,15-16,19H,5,10-12H2,1-4H3/t15-,16+/m1/s1. The summed E-state index contributed by atoms with van der Waals surface area (Å²) in [6.45, 7) is 9.40. The van der Waals surface area contributed by atoms with Crippen molar-refractivity contribution in [1.29, 1.82) is 0 Å². The van der Waals surface area contributed by atoms with Gasteiger partial charge in [-0.2, -0.15) is 0 Å². The predicted octanol–water partition coefficient (Wildman–Crippen LogP) is 2.67. The summed E-state index contributed by atoms with van der Waals surface area (Å²) in [5.41, 5.74) is 0.605. The molecule has 1 aliphatic heterocycles. The Morgan fingerprint density at radius 3 is 2.83 bits per heavy atom. The van der Waals surface area contributed by atoms with Crippen LogP contribution in [0.4, 0.5) is 0 Å². The number of rotatable bonds is 6. The maximum absolute atomic E-state index is 12.0. The third-order valence-corrected chi connectivity index (χ3v) is 3.48. The molecule has 1 fully saturated rings. The van der Waals surface area contributed by atoms with Gasteiger partial charge in [0.05, 0.1) is 19.3 Å². The molecular formula is C18H27NO4. The maximum Gasteiger partial charge on any atom is 0.323 e. The van der Waals surface area contributed by atoms with E-state index < -0.39 is 5.60 Å². The lowest BCUT2D eigenvalue weighted by atomic mass is 10.1. The van der Waals surface area contributed by atoms with E-state index in [1.807, 2.05) is 52.0 Å². The normalized spacial score (nSPS) is 21.2. The lowest BCUT2D eigenvalue weighted by Crippen LogP contribution is -2.37. The Labute approximate surface area is 138 Å². The first-order valence-electron chi connectivity index (χ1n) is 8.17. The smallest absolute Gasteiger partial charge is 0.323 e. The van der Waals surface area contributed by atoms with Crippen LogP contribution in [0.5, 0.6) is 5.75 Å². The van der Waals surface area contributed by atoms with Crippen molar-refractivity contribution in [3.05, 3.63) is 29.8 Å². The molecule has 0 aromatic heterocycles. The Balaban J connectivity index is 1.79. The molecule has 1 saturated heterocycles. The predicted molar refractivity (Wildman–Crippen MR) is 88.4 cm³/mol. The third-order valence-electron chi connectivity index (χ3n) is 3.48. The highest BCUT2D eigenvalue weighted by Gasteiger charge is 2.33. The zero-order chi connectivity index (χ0) is 16.9. The third kappa shape index (κ3) is 5.84. The number of esters is 1. The molecule has 1 N–H and O–H groups in total. The second-order valence-electron chi connectivity index (χ2n) is 6.74. The number of hydrogen-bond donors (Lipinski definition) is 1. The summed E-state index contributed by atoms with van der Waals surface area (Å²) >= 11 is 0. The van der Waals surface area contributed by atoms with Crippen molar-refractivity contribution in [3.63, 3.8) is 0 Å². The van der Waals surface area contributed by atoms with Gasteiger partial charge in [0, 0.05) is 13.0 Å². The lowest BCUT2D eigenvalue weighted by Gasteiger charge is -2.22. The van der Waals surface area contributed by atoms with Crippen LogP contribution >= 0.6 is 0 Å². The fraction of sp³-hybridized carbons (Fsp3) is 0.611. The van der Waals surface area contributed by atoms with E-state index in [9.17, 15) is 4.79 Å². The van der Waals surface area contributed by atoms with E-state index in [1.54, 1.807) is 0 Å². The van der Waals surface area contributed by atoms with Gasteiger partial charge in [-0.15, -0.1) is 0 Å². The van der Waals surface area contributed by atoms with E-state index in [4.69, 9.17) is 14.2 Å². The number of carbonyl (C=O) groups is 1. The van der Waals surface area contributed by atoms with E-state index >= 15 is 0 Å². The Bertz CT molecular complexity index is 524. The number of hydrogen-bond acceptors (Lipinski definition) is 5. The van der Waals surface area contributed by atoms with E-state index in [0.29, 0.717) is 26.2 Å². The first-order valence-corrected chi connectivity index (χ1v) is 8.17. The SMILES string of the molecule is CCOc1cccc(CO[C@H]2CN[C@H](C(=O)OC(C)(C)C)C2)c1. The molecule has 2 rings (SSSR count). The second kappa shape index (κ2) is 7.79. The largest absolute Gasteiger partial charge is 0.494 e. The molecule has 0 unspecified atom stereocenters. The van der Waals surface area contributed by atoms with Crippen molar-refractivity contribution < 1.29 is 19.0 Å². The van der Waals surface area contributed by atoms with Crippen LogP contribution in [0.2, 0.25) is 0 Å². The van der Waals surface area contributed by atoms with Gasteiger partial charge in [-0.25, -0.2) is 0 Å². The van der Waals surface area contributed by atoms with Crippen LogP contribution in [0.15, 0.2) is 24.3 Å². The number of carbonyl (C=O) groups excluding carboxylic acids is 1. The van der Waals surface area contributed by atoms with Gasteiger partial charge < -0.3 is 19.5 Å². The molecule has 23 heavy (non-hydrogen) atoms. The molecule has 1 aliphatic rings. The monoisotopic (exact) mass is 321 g/mol. The van der Waals surface area contributed by atoms with Crippen LogP contribution in [0, 0.1) is 0 Å². The van der Waals surface area contributed by atoms with Crippen LogP contribution in [0.25, 0.3) is 0 Å². The Hall–Kier alpha value is -1.59. The molecule has 2 atom stereocenters. The maximum atomic E-state index is 12.0. The highest BCUT2D eigenvalue weighted by Crippen LogP contribution is 2.19. The summed E-state index contributed by atoms with van der Waals surface area (Å²) in [6, 6.07) is 7.60. The lowest BCUT2D eigenvalue weighted by molar-refractivity contribution is -0.157. The molecule has 1 heterocycles. The number of benzene rings is 1. The topological polar surface area (TPSA) is 56.8 Å². The minimum atomic E-state index is -0.461. The van der Waals surface area contributed by atoms with Crippen molar-refractivity contribution in [2.45, 2.75) is 58.5 Å². The van der Waals surface area contributed by atoms with Crippen LogP contribution in [0.3, 0.4) is 0 Å². The second-order valence-corrected chi connectivity index (χ2v) is 6.74. The summed E-state index contributed by atoms with van der Waals surface area (Å²) in [5.74, 6) is 0.645. The molecular weight excluding hydrogens is 294 g/mol. The van der Waals surface area contributed by atoms with Crippen LogP contribution in [-0.4, -0.2) is 36.9 Å². The fourth-order valence-electron chi connectivity index (χ4n) is 2.49. The van der Waals surface area contributed by atoms with Crippen molar-refractivity contribution in [1.82, 2.24) is 5.32 Å². The van der Waals surface area contributed by atoms with Gasteiger partial charge in [-0.1, -0.05) is 12.1 Å². The fourth-order valence-corrected chi connectivity index (χ4v) is 2.49. The van der Waals surface area contributed by atoms with Crippen LogP contribution < -0.4 is 10.1 Å². The molecule has 0 aliphatic carbocycles. The van der Waals surface area contributed by atoms with Gasteiger partial charge >= 0.3 is 5.97 Å². The van der Waals surface area contributed by atoms with Gasteiger partial charge in [-0.05, 0) is 45.4 Å². The quantitative estimate of drug-likeness (QED) is 0.816. The Kier molecular flexibility index (Phi) is 6.02. The zero-order valence-corrected chi connectivity index (χ0v) is 14.4. The van der Waals surface area contributed by atoms with Gasteiger partial charge in [0.1, 0.15) is 17.4 Å². The molecule has 0 amide bonds. The van der Waals surface area contributed by atoms with Crippen LogP contribution in [0.1, 0.15) is 39.7 Å². The van der Waals surface area contributed by atoms with Gasteiger partial charge in [-0.3, -0.25) is 4.79 Å². The molecule has 0 radical (unpaired) electrons. The summed E-state index contributed by atoms with van der Waals surface area (Å²) in [5, 5.41) is 3.17. The number of nitrogens with one attached hydrogen (secondary N) is 1. The first-order chi connectivity index (χ1) is 10.9. The molecule has 0 saturated carbocycles. The van der Waals surface area contributed by atoms with Crippen LogP contribution in [-0.2, 0) is 20.9 Å². The summed E-state index contributed by atoms with van der Waals surface area (Å²) < 4.78 is 16.8. The van der Waals surface area contributed by atoms with Gasteiger partial charge in [0.2, 0.25) is 0 Å². The molecule has 1 aromatic rings. The van der Waals surface area contributed by atoms with E-state index in [0.717, 1.165) is 11.3 Å². The van der Waals surface area contributed by atoms with Gasteiger partial charge in [0.25, 0.3) is 0 Å². The zero-order valence-electron chi connectivity index (χ0n) is 14.4. The molecule has 0 bridgehead atoms. The molecule has 0 spiro atoms. The molecule has 5 nitrogen and oxygen atoms in total. The van der Waals surface area contributed by atoms with E-state index in [-0.39, 0.29) is 18.1 Å². The van der Waals surface area contributed by atoms with Crippen molar-refractivity contribution in [2.24, 2.45) is 0 Å². The highest BCUT2D eigenvalue weighted by atomic mass is 16.6. The molecule has 1 aromatic carbocycles. The summed E-state index contributed by atoms with van der Waals surface area (Å²) in [4.78, 5) is 12.0. The molecule has 128 valence electrons. The minimum absolute atomic E-state index is 0.0169. The minimum Gasteiger partial charge on any atom is -0.494 e. The van der Waals surface area contributed by atoms with E-state index in [1.165, 1.54) is 0 Å². The highest BCUT2D eigenvalue weighted by molar-refractivity contribution is 5.76. The number of ether oxygens (including phenoxy) is 3. The van der Waals surface area contributed by atoms with Crippen molar-refractivity contribution in [3.8, 4) is 5.75 Å². The van der Waals surface area contributed by atoms with Gasteiger partial charge in [0.15, 0.2) is 0 Å². The van der Waals surface area contributed by atoms with E-state index in [2.05, 4.69) is 5.32 Å². The van der Waals surface area contributed by atoms with Crippen molar-refractivity contribution in [2.75, 3.05) is 13.2 Å². The van der Waals surface area contributed by atoms with Crippen molar-refractivity contribution >= 4 is 5.97 Å². The Morgan fingerprint density at radius 2 is 2.13 bits per heavy atom.